The quantitative estimate of drug-likeness (QED) is 0.682. The van der Waals surface area contributed by atoms with Crippen LogP contribution in [0.4, 0.5) is 13.2 Å². The molecular formula is C20H22F3N3O4. The maximum Gasteiger partial charge on any atom is 0.416 e. The monoisotopic (exact) mass is 425 g/mol. The second kappa shape index (κ2) is 8.10. The third kappa shape index (κ3) is 3.91. The van der Waals surface area contributed by atoms with E-state index in [0.717, 1.165) is 29.7 Å². The fourth-order valence-electron chi connectivity index (χ4n) is 4.05. The molecule has 0 aliphatic heterocycles. The molecular weight excluding hydrogens is 403 g/mol. The van der Waals surface area contributed by atoms with E-state index in [2.05, 4.69) is 10.4 Å². The molecule has 10 heteroatoms. The minimum Gasteiger partial charge on any atom is -0.503 e. The summed E-state index contributed by atoms with van der Waals surface area (Å²) in [6.07, 6.45) is -1.82. The number of halogens is 3. The first-order valence-corrected chi connectivity index (χ1v) is 9.46. The van der Waals surface area contributed by atoms with Crippen LogP contribution in [0.1, 0.15) is 53.0 Å². The van der Waals surface area contributed by atoms with Crippen molar-refractivity contribution in [1.29, 1.82) is 0 Å². The molecule has 1 heterocycles. The molecule has 1 saturated carbocycles. The predicted molar refractivity (Wildman–Crippen MR) is 101 cm³/mol. The molecule has 0 saturated heterocycles. The van der Waals surface area contributed by atoms with Gasteiger partial charge in [0.1, 0.15) is 5.69 Å². The van der Waals surface area contributed by atoms with Crippen LogP contribution in [0.15, 0.2) is 29.1 Å². The van der Waals surface area contributed by atoms with Gasteiger partial charge in [-0.3, -0.25) is 14.3 Å². The normalized spacial score (nSPS) is 15.9. The van der Waals surface area contributed by atoms with Gasteiger partial charge in [0, 0.05) is 12.5 Å². The van der Waals surface area contributed by atoms with E-state index in [1.165, 1.54) is 13.1 Å². The summed E-state index contributed by atoms with van der Waals surface area (Å²) in [5, 5.41) is 26.2. The molecule has 1 aliphatic carbocycles. The number of aliphatic hydroxyl groups is 1. The molecule has 7 nitrogen and oxygen atoms in total. The average Bonchev–Trinajstić information content (AvgIpc) is 3.19. The summed E-state index contributed by atoms with van der Waals surface area (Å²) in [6.45, 7) is -0.719. The number of rotatable bonds is 5. The number of benzene rings is 1. The standard InChI is InChI=1S/C20H22F3N3O4/c1-24-18(30)15-17(29)16(28)14(10-27)26(25-15)11-19(7-2-3-8-19)12-5-4-6-13(9-12)20(21,22)23/h4-6,9,27-28H,2-3,7-8,10-11H2,1H3,(H,24,30). The van der Waals surface area contributed by atoms with Gasteiger partial charge >= 0.3 is 6.18 Å². The lowest BCUT2D eigenvalue weighted by molar-refractivity contribution is -0.137. The van der Waals surface area contributed by atoms with Gasteiger partial charge in [-0.05, 0) is 24.5 Å². The van der Waals surface area contributed by atoms with E-state index in [4.69, 9.17) is 0 Å². The summed E-state index contributed by atoms with van der Waals surface area (Å²) in [5.41, 5.74) is -2.82. The maximum atomic E-state index is 13.2. The Bertz CT molecular complexity index is 1010. The zero-order valence-electron chi connectivity index (χ0n) is 16.3. The smallest absolute Gasteiger partial charge is 0.416 e. The van der Waals surface area contributed by atoms with Gasteiger partial charge in [0.25, 0.3) is 11.3 Å². The van der Waals surface area contributed by atoms with Crippen molar-refractivity contribution in [3.05, 3.63) is 57.0 Å². The van der Waals surface area contributed by atoms with Crippen molar-refractivity contribution < 1.29 is 28.2 Å². The number of nitrogens with zero attached hydrogens (tertiary/aromatic N) is 2. The summed E-state index contributed by atoms with van der Waals surface area (Å²) in [7, 11) is 1.30. The Kier molecular flexibility index (Phi) is 5.89. The Morgan fingerprint density at radius 1 is 1.30 bits per heavy atom. The molecule has 1 aromatic heterocycles. The van der Waals surface area contributed by atoms with Crippen LogP contribution in [-0.2, 0) is 24.7 Å². The van der Waals surface area contributed by atoms with Crippen molar-refractivity contribution in [3.8, 4) is 5.75 Å². The molecule has 30 heavy (non-hydrogen) atoms. The molecule has 1 aromatic carbocycles. The highest BCUT2D eigenvalue weighted by atomic mass is 19.4. The molecule has 0 radical (unpaired) electrons. The number of amides is 1. The molecule has 3 rings (SSSR count). The van der Waals surface area contributed by atoms with E-state index < -0.39 is 46.5 Å². The van der Waals surface area contributed by atoms with Crippen LogP contribution >= 0.6 is 0 Å². The number of aromatic nitrogens is 2. The van der Waals surface area contributed by atoms with Crippen LogP contribution < -0.4 is 10.7 Å². The minimum absolute atomic E-state index is 0.00202. The third-order valence-electron chi connectivity index (χ3n) is 5.64. The van der Waals surface area contributed by atoms with Crippen molar-refractivity contribution in [2.75, 3.05) is 7.05 Å². The maximum absolute atomic E-state index is 13.2. The lowest BCUT2D eigenvalue weighted by atomic mass is 9.78. The summed E-state index contributed by atoms with van der Waals surface area (Å²) in [6, 6.07) is 5.06. The molecule has 0 atom stereocenters. The summed E-state index contributed by atoms with van der Waals surface area (Å²) in [4.78, 5) is 24.2. The first-order valence-electron chi connectivity index (χ1n) is 9.46. The van der Waals surface area contributed by atoms with Crippen LogP contribution in [0.2, 0.25) is 0 Å². The molecule has 1 aliphatic rings. The zero-order valence-corrected chi connectivity index (χ0v) is 16.3. The second-order valence-corrected chi connectivity index (χ2v) is 7.43. The van der Waals surface area contributed by atoms with Crippen molar-refractivity contribution in [1.82, 2.24) is 15.1 Å². The van der Waals surface area contributed by atoms with Gasteiger partial charge in [0.15, 0.2) is 11.4 Å². The lowest BCUT2D eigenvalue weighted by Gasteiger charge is -2.32. The van der Waals surface area contributed by atoms with Gasteiger partial charge in [-0.2, -0.15) is 18.3 Å². The minimum atomic E-state index is -4.49. The fourth-order valence-corrected chi connectivity index (χ4v) is 4.05. The van der Waals surface area contributed by atoms with Crippen LogP contribution in [0.3, 0.4) is 0 Å². The SMILES string of the molecule is CNC(=O)c1nn(CC2(c3cccc(C(F)(F)F)c3)CCCC2)c(CO)c(O)c1=O. The van der Waals surface area contributed by atoms with Gasteiger partial charge < -0.3 is 15.5 Å². The Hall–Kier alpha value is -2.88. The summed E-state index contributed by atoms with van der Waals surface area (Å²) in [5.74, 6) is -1.61. The Morgan fingerprint density at radius 2 is 1.97 bits per heavy atom. The summed E-state index contributed by atoms with van der Waals surface area (Å²) < 4.78 is 40.9. The van der Waals surface area contributed by atoms with Crippen LogP contribution in [0.5, 0.6) is 5.75 Å². The topological polar surface area (TPSA) is 104 Å². The number of carbonyl (C=O) groups is 1. The highest BCUT2D eigenvalue weighted by molar-refractivity contribution is 5.92. The molecule has 2 aromatic rings. The van der Waals surface area contributed by atoms with Gasteiger partial charge in [-0.15, -0.1) is 0 Å². The van der Waals surface area contributed by atoms with Crippen molar-refractivity contribution >= 4 is 5.91 Å². The zero-order chi connectivity index (χ0) is 22.1. The largest absolute Gasteiger partial charge is 0.503 e. The van der Waals surface area contributed by atoms with E-state index in [9.17, 15) is 33.0 Å². The number of carbonyl (C=O) groups excluding carboxylic acids is 1. The molecule has 0 unspecified atom stereocenters. The number of hydrogen-bond donors (Lipinski definition) is 3. The highest BCUT2D eigenvalue weighted by Gasteiger charge is 2.39. The first-order chi connectivity index (χ1) is 14.1. The van der Waals surface area contributed by atoms with E-state index in [1.807, 2.05) is 0 Å². The van der Waals surface area contributed by atoms with Gasteiger partial charge in [-0.25, -0.2) is 0 Å². The van der Waals surface area contributed by atoms with Crippen LogP contribution in [-0.4, -0.2) is 32.9 Å². The molecule has 3 N–H and O–H groups in total. The number of hydrogen-bond acceptors (Lipinski definition) is 5. The van der Waals surface area contributed by atoms with Gasteiger partial charge in [0.05, 0.1) is 18.7 Å². The lowest BCUT2D eigenvalue weighted by Crippen LogP contribution is -2.35. The number of aromatic hydroxyl groups is 1. The Labute approximate surface area is 170 Å². The number of alkyl halides is 3. The molecule has 1 fully saturated rings. The third-order valence-corrected chi connectivity index (χ3v) is 5.64. The van der Waals surface area contributed by atoms with E-state index >= 15 is 0 Å². The van der Waals surface area contributed by atoms with E-state index in [-0.39, 0.29) is 12.2 Å². The van der Waals surface area contributed by atoms with Gasteiger partial charge in [0.2, 0.25) is 0 Å². The molecule has 0 spiro atoms. The van der Waals surface area contributed by atoms with Crippen molar-refractivity contribution in [2.45, 2.75) is 50.4 Å². The van der Waals surface area contributed by atoms with Crippen molar-refractivity contribution in [3.63, 3.8) is 0 Å². The van der Waals surface area contributed by atoms with E-state index in [0.29, 0.717) is 18.4 Å². The molecule has 0 bridgehead atoms. The molecule has 162 valence electrons. The first kappa shape index (κ1) is 21.8. The summed E-state index contributed by atoms with van der Waals surface area (Å²) >= 11 is 0. The molecule has 1 amide bonds. The average molecular weight is 425 g/mol. The Balaban J connectivity index is 2.13. The van der Waals surface area contributed by atoms with Crippen LogP contribution in [0, 0.1) is 0 Å². The second-order valence-electron chi connectivity index (χ2n) is 7.43. The highest BCUT2D eigenvalue weighted by Crippen LogP contribution is 2.44. The van der Waals surface area contributed by atoms with Gasteiger partial charge in [-0.1, -0.05) is 31.0 Å². The number of nitrogens with one attached hydrogen (secondary N) is 1. The van der Waals surface area contributed by atoms with E-state index in [1.54, 1.807) is 6.07 Å². The van der Waals surface area contributed by atoms with Crippen LogP contribution in [0.25, 0.3) is 0 Å². The fraction of sp³-hybridized carbons (Fsp3) is 0.450. The van der Waals surface area contributed by atoms with Crippen molar-refractivity contribution in [2.24, 2.45) is 0 Å². The Morgan fingerprint density at radius 3 is 2.53 bits per heavy atom. The predicted octanol–water partition coefficient (Wildman–Crippen LogP) is 2.33. The number of aliphatic hydroxyl groups excluding tert-OH is 1.